The third kappa shape index (κ3) is 5.31. The Morgan fingerprint density at radius 3 is 2.24 bits per heavy atom. The molecule has 42 heavy (non-hydrogen) atoms. The molecular formula is C31H30F3N3O5. The molecular weight excluding hydrogens is 551 g/mol. The standard InChI is InChI=1S/C31H30F3N3O5/c1-42-25-15-8-20(9-16-25)19-36-28(38)26-18-24(37(40)41)14-17-27(26)30(36,21-10-12-22(13-11-21)31(32,33)34)29(39)35-23-6-4-2-3-5-7-23/h8-18,23H,2-7,19H2,1H3,(H,35,39). The first kappa shape index (κ1) is 29.1. The van der Waals surface area contributed by atoms with Crippen LogP contribution in [0, 0.1) is 10.1 Å². The predicted octanol–water partition coefficient (Wildman–Crippen LogP) is 6.36. The lowest BCUT2D eigenvalue weighted by atomic mass is 9.80. The summed E-state index contributed by atoms with van der Waals surface area (Å²) in [6.07, 6.45) is 0.741. The van der Waals surface area contributed by atoms with Crippen LogP contribution in [0.25, 0.3) is 0 Å². The molecule has 1 fully saturated rings. The summed E-state index contributed by atoms with van der Waals surface area (Å²) in [6, 6.07) is 14.5. The van der Waals surface area contributed by atoms with Crippen LogP contribution in [0.4, 0.5) is 18.9 Å². The quantitative estimate of drug-likeness (QED) is 0.199. The number of amides is 2. The van der Waals surface area contributed by atoms with Crippen LogP contribution < -0.4 is 10.1 Å². The van der Waals surface area contributed by atoms with E-state index in [2.05, 4.69) is 5.32 Å². The fraction of sp³-hybridized carbons (Fsp3) is 0.355. The van der Waals surface area contributed by atoms with E-state index in [1.807, 2.05) is 0 Å². The number of carbonyl (C=O) groups excluding carboxylic acids is 2. The molecule has 0 aromatic heterocycles. The first-order chi connectivity index (χ1) is 20.0. The molecule has 1 atom stereocenters. The number of nitro benzene ring substituents is 1. The number of nitrogens with zero attached hydrogens (tertiary/aromatic N) is 2. The van der Waals surface area contributed by atoms with E-state index in [9.17, 15) is 32.9 Å². The van der Waals surface area contributed by atoms with Gasteiger partial charge in [-0.1, -0.05) is 49.9 Å². The number of halogens is 3. The summed E-state index contributed by atoms with van der Waals surface area (Å²) >= 11 is 0. The van der Waals surface area contributed by atoms with Gasteiger partial charge in [0.2, 0.25) is 0 Å². The summed E-state index contributed by atoms with van der Waals surface area (Å²) in [6.45, 7) is -0.0928. The smallest absolute Gasteiger partial charge is 0.416 e. The second-order valence-corrected chi connectivity index (χ2v) is 10.7. The van der Waals surface area contributed by atoms with Gasteiger partial charge in [0.15, 0.2) is 5.54 Å². The van der Waals surface area contributed by atoms with E-state index in [4.69, 9.17) is 4.74 Å². The van der Waals surface area contributed by atoms with Gasteiger partial charge in [0.05, 0.1) is 23.2 Å². The van der Waals surface area contributed by atoms with E-state index in [0.29, 0.717) is 11.3 Å². The molecule has 0 radical (unpaired) electrons. The van der Waals surface area contributed by atoms with Gasteiger partial charge in [0, 0.05) is 30.3 Å². The Kier molecular flexibility index (Phi) is 7.94. The number of hydrogen-bond donors (Lipinski definition) is 1. The number of methoxy groups -OCH3 is 1. The number of nitrogens with one attached hydrogen (secondary N) is 1. The Labute approximate surface area is 240 Å². The molecule has 1 aliphatic carbocycles. The molecule has 8 nitrogen and oxygen atoms in total. The lowest BCUT2D eigenvalue weighted by Crippen LogP contribution is -2.56. The normalized spacial score (nSPS) is 19.2. The summed E-state index contributed by atoms with van der Waals surface area (Å²) in [5.74, 6) is -0.630. The molecule has 0 bridgehead atoms. The highest BCUT2D eigenvalue weighted by atomic mass is 19.4. The minimum Gasteiger partial charge on any atom is -0.497 e. The molecule has 2 aliphatic rings. The van der Waals surface area contributed by atoms with Crippen molar-refractivity contribution < 1.29 is 32.4 Å². The molecule has 3 aromatic rings. The predicted molar refractivity (Wildman–Crippen MR) is 148 cm³/mol. The fourth-order valence-electron chi connectivity index (χ4n) is 5.99. The van der Waals surface area contributed by atoms with Gasteiger partial charge >= 0.3 is 6.18 Å². The van der Waals surface area contributed by atoms with Gasteiger partial charge in [-0.2, -0.15) is 13.2 Å². The Balaban J connectivity index is 1.71. The highest BCUT2D eigenvalue weighted by molar-refractivity contribution is 6.09. The lowest BCUT2D eigenvalue weighted by molar-refractivity contribution is -0.384. The molecule has 220 valence electrons. The molecule has 5 rings (SSSR count). The van der Waals surface area contributed by atoms with Gasteiger partial charge in [-0.05, 0) is 54.3 Å². The Morgan fingerprint density at radius 1 is 1.02 bits per heavy atom. The van der Waals surface area contributed by atoms with Gasteiger partial charge < -0.3 is 15.0 Å². The second-order valence-electron chi connectivity index (χ2n) is 10.7. The minimum atomic E-state index is -4.61. The largest absolute Gasteiger partial charge is 0.497 e. The van der Waals surface area contributed by atoms with E-state index in [-0.39, 0.29) is 35.0 Å². The average Bonchev–Trinajstić information content (AvgIpc) is 3.10. The minimum absolute atomic E-state index is 0.0476. The molecule has 3 aromatic carbocycles. The van der Waals surface area contributed by atoms with Crippen LogP contribution in [0.15, 0.2) is 66.7 Å². The van der Waals surface area contributed by atoms with Gasteiger partial charge in [0.25, 0.3) is 17.5 Å². The van der Waals surface area contributed by atoms with Gasteiger partial charge in [-0.15, -0.1) is 0 Å². The van der Waals surface area contributed by atoms with Crippen LogP contribution in [-0.4, -0.2) is 34.8 Å². The van der Waals surface area contributed by atoms with Crippen LogP contribution in [0.5, 0.6) is 5.75 Å². The van der Waals surface area contributed by atoms with Crippen molar-refractivity contribution in [2.24, 2.45) is 0 Å². The van der Waals surface area contributed by atoms with Crippen LogP contribution in [0.1, 0.15) is 71.1 Å². The highest BCUT2D eigenvalue weighted by Crippen LogP contribution is 2.47. The summed E-state index contributed by atoms with van der Waals surface area (Å²) in [7, 11) is 1.51. The van der Waals surface area contributed by atoms with Crippen molar-refractivity contribution in [3.05, 3.63) is 105 Å². The van der Waals surface area contributed by atoms with Crippen molar-refractivity contribution in [1.29, 1.82) is 0 Å². The number of rotatable bonds is 7. The maximum Gasteiger partial charge on any atom is 0.416 e. The van der Waals surface area contributed by atoms with Crippen molar-refractivity contribution in [2.75, 3.05) is 7.11 Å². The molecule has 2 amide bonds. The van der Waals surface area contributed by atoms with Crippen molar-refractivity contribution in [1.82, 2.24) is 10.2 Å². The Bertz CT molecular complexity index is 1480. The van der Waals surface area contributed by atoms with Crippen molar-refractivity contribution >= 4 is 17.5 Å². The molecule has 0 spiro atoms. The summed E-state index contributed by atoms with van der Waals surface area (Å²) in [5, 5.41) is 14.7. The summed E-state index contributed by atoms with van der Waals surface area (Å²) in [5.41, 5.74) is -2.20. The first-order valence-corrected chi connectivity index (χ1v) is 13.8. The van der Waals surface area contributed by atoms with Gasteiger partial charge in [-0.3, -0.25) is 19.7 Å². The second kappa shape index (κ2) is 11.5. The maximum atomic E-state index is 14.6. The summed E-state index contributed by atoms with van der Waals surface area (Å²) < 4.78 is 45.8. The highest BCUT2D eigenvalue weighted by Gasteiger charge is 2.57. The summed E-state index contributed by atoms with van der Waals surface area (Å²) in [4.78, 5) is 40.9. The topological polar surface area (TPSA) is 102 Å². The van der Waals surface area contributed by atoms with Crippen LogP contribution in [-0.2, 0) is 23.1 Å². The van der Waals surface area contributed by atoms with Crippen LogP contribution in [0.2, 0.25) is 0 Å². The number of hydrogen-bond acceptors (Lipinski definition) is 5. The molecule has 0 saturated heterocycles. The number of carbonyl (C=O) groups is 2. The van der Waals surface area contributed by atoms with Crippen molar-refractivity contribution in [3.63, 3.8) is 0 Å². The zero-order valence-electron chi connectivity index (χ0n) is 22.9. The third-order valence-electron chi connectivity index (χ3n) is 8.13. The number of benzene rings is 3. The number of non-ortho nitro benzene ring substituents is 1. The lowest BCUT2D eigenvalue weighted by Gasteiger charge is -2.39. The fourth-order valence-corrected chi connectivity index (χ4v) is 5.99. The number of alkyl halides is 3. The van der Waals surface area contributed by atoms with E-state index in [1.165, 1.54) is 36.3 Å². The van der Waals surface area contributed by atoms with E-state index in [1.54, 1.807) is 24.3 Å². The third-order valence-corrected chi connectivity index (χ3v) is 8.13. The Hall–Kier alpha value is -4.41. The molecule has 1 saturated carbocycles. The van der Waals surface area contributed by atoms with Gasteiger partial charge in [0.1, 0.15) is 5.75 Å². The zero-order chi connectivity index (χ0) is 30.1. The Morgan fingerprint density at radius 2 is 1.67 bits per heavy atom. The molecule has 11 heteroatoms. The first-order valence-electron chi connectivity index (χ1n) is 13.8. The molecule has 1 N–H and O–H groups in total. The zero-order valence-corrected chi connectivity index (χ0v) is 22.9. The van der Waals surface area contributed by atoms with Crippen LogP contribution in [0.3, 0.4) is 0 Å². The molecule has 1 heterocycles. The van der Waals surface area contributed by atoms with E-state index >= 15 is 0 Å². The van der Waals surface area contributed by atoms with Crippen molar-refractivity contribution in [2.45, 2.75) is 62.8 Å². The van der Waals surface area contributed by atoms with E-state index < -0.39 is 34.0 Å². The number of fused-ring (bicyclic) bond motifs is 1. The van der Waals surface area contributed by atoms with Crippen LogP contribution >= 0.6 is 0 Å². The maximum absolute atomic E-state index is 14.6. The van der Waals surface area contributed by atoms with Crippen molar-refractivity contribution in [3.8, 4) is 5.75 Å². The monoisotopic (exact) mass is 581 g/mol. The van der Waals surface area contributed by atoms with E-state index in [0.717, 1.165) is 56.7 Å². The van der Waals surface area contributed by atoms with Gasteiger partial charge in [-0.25, -0.2) is 0 Å². The SMILES string of the molecule is COc1ccc(CN2C(=O)c3cc([N+](=O)[O-])ccc3C2(C(=O)NC2CCCCCC2)c2ccc(C(F)(F)F)cc2)cc1. The number of ether oxygens (including phenoxy) is 1. The molecule has 1 aliphatic heterocycles. The number of nitro groups is 1. The average molecular weight is 582 g/mol. The molecule has 1 unspecified atom stereocenters.